The Bertz CT molecular complexity index is 608. The number of aromatic nitrogens is 1. The number of aliphatic hydroxyl groups is 1. The Morgan fingerprint density at radius 3 is 2.58 bits per heavy atom. The fraction of sp³-hybridized carbons (Fsp3) is 0.611. The van der Waals surface area contributed by atoms with E-state index in [4.69, 9.17) is 0 Å². The number of likely N-dealkylation sites (tertiary alicyclic amines) is 1. The van der Waals surface area contributed by atoms with Crippen LogP contribution in [0.1, 0.15) is 51.1 Å². The Hall–Kier alpha value is -1.95. The molecule has 2 aliphatic rings. The van der Waals surface area contributed by atoms with Crippen LogP contribution in [0.5, 0.6) is 0 Å². The topological polar surface area (TPSA) is 82.5 Å². The molecule has 0 spiro atoms. The predicted molar refractivity (Wildman–Crippen MR) is 88.9 cm³/mol. The summed E-state index contributed by atoms with van der Waals surface area (Å²) in [5, 5.41) is 12.7. The van der Waals surface area contributed by atoms with Gasteiger partial charge in [0, 0.05) is 31.4 Å². The Balaban J connectivity index is 1.85. The Labute approximate surface area is 142 Å². The second-order valence-electron chi connectivity index (χ2n) is 7.43. The van der Waals surface area contributed by atoms with Crippen LogP contribution < -0.4 is 5.32 Å². The number of pyridine rings is 1. The maximum absolute atomic E-state index is 12.7. The highest BCUT2D eigenvalue weighted by Crippen LogP contribution is 2.43. The molecule has 1 aliphatic carbocycles. The molecule has 1 aromatic rings. The molecule has 0 bridgehead atoms. The summed E-state index contributed by atoms with van der Waals surface area (Å²) in [6, 6.07) is 3.77. The van der Waals surface area contributed by atoms with Crippen molar-refractivity contribution in [2.24, 2.45) is 5.92 Å². The molecule has 3 rings (SSSR count). The minimum atomic E-state index is -0.956. The first-order valence-corrected chi connectivity index (χ1v) is 8.58. The van der Waals surface area contributed by atoms with Crippen molar-refractivity contribution < 1.29 is 14.7 Å². The largest absolute Gasteiger partial charge is 0.389 e. The van der Waals surface area contributed by atoms with E-state index in [1.807, 2.05) is 17.0 Å². The third-order valence-corrected chi connectivity index (χ3v) is 4.66. The van der Waals surface area contributed by atoms with E-state index in [1.165, 1.54) is 0 Å². The van der Waals surface area contributed by atoms with Crippen LogP contribution >= 0.6 is 0 Å². The lowest BCUT2D eigenvalue weighted by atomic mass is 9.83. The lowest BCUT2D eigenvalue weighted by Crippen LogP contribution is -2.50. The van der Waals surface area contributed by atoms with E-state index < -0.39 is 5.60 Å². The van der Waals surface area contributed by atoms with E-state index in [0.717, 1.165) is 18.4 Å². The van der Waals surface area contributed by atoms with Crippen LogP contribution in [0.3, 0.4) is 0 Å². The van der Waals surface area contributed by atoms with Gasteiger partial charge in [0.15, 0.2) is 0 Å². The number of hydrogen-bond acceptors (Lipinski definition) is 4. The van der Waals surface area contributed by atoms with Crippen molar-refractivity contribution >= 4 is 11.8 Å². The Morgan fingerprint density at radius 2 is 2.00 bits per heavy atom. The number of nitrogens with zero attached hydrogens (tertiary/aromatic N) is 2. The van der Waals surface area contributed by atoms with Crippen molar-refractivity contribution in [2.75, 3.05) is 6.54 Å². The summed E-state index contributed by atoms with van der Waals surface area (Å²) < 4.78 is 0. The second kappa shape index (κ2) is 6.51. The normalized spacial score (nSPS) is 24.8. The van der Waals surface area contributed by atoms with Gasteiger partial charge in [-0.1, -0.05) is 0 Å². The van der Waals surface area contributed by atoms with Crippen molar-refractivity contribution in [3.05, 3.63) is 30.1 Å². The number of carbonyl (C=O) groups is 2. The lowest BCUT2D eigenvalue weighted by Gasteiger charge is -2.41. The van der Waals surface area contributed by atoms with Crippen molar-refractivity contribution in [3.8, 4) is 0 Å². The predicted octanol–water partition coefficient (Wildman–Crippen LogP) is 1.41. The zero-order valence-corrected chi connectivity index (χ0v) is 14.2. The van der Waals surface area contributed by atoms with Crippen LogP contribution in [0.15, 0.2) is 24.5 Å². The first-order valence-electron chi connectivity index (χ1n) is 8.58. The standard InChI is InChI=1S/C18H25N3O3/c1-18(2,24)11-20-17(23)14-5-6-15(22)21(13-3-4-13)16(14)12-7-9-19-10-8-12/h7-10,13-14,16,24H,3-6,11H2,1-2H3,(H,20,23)/t14-,16+/m0/s1. The van der Waals surface area contributed by atoms with Crippen molar-refractivity contribution in [2.45, 2.75) is 57.2 Å². The molecule has 2 heterocycles. The van der Waals surface area contributed by atoms with Gasteiger partial charge in [-0.05, 0) is 50.8 Å². The SMILES string of the molecule is CC(C)(O)CNC(=O)[C@H]1CCC(=O)N(C2CC2)[C@@H]1c1ccncc1. The smallest absolute Gasteiger partial charge is 0.225 e. The molecule has 2 atom stereocenters. The van der Waals surface area contributed by atoms with E-state index in [0.29, 0.717) is 12.8 Å². The molecule has 6 nitrogen and oxygen atoms in total. The summed E-state index contributed by atoms with van der Waals surface area (Å²) in [7, 11) is 0. The van der Waals surface area contributed by atoms with Crippen molar-refractivity contribution in [3.63, 3.8) is 0 Å². The summed E-state index contributed by atoms with van der Waals surface area (Å²) in [4.78, 5) is 31.2. The molecule has 1 aromatic heterocycles. The van der Waals surface area contributed by atoms with Gasteiger partial charge in [-0.15, -0.1) is 0 Å². The first kappa shape index (κ1) is 16.9. The highest BCUT2D eigenvalue weighted by atomic mass is 16.3. The quantitative estimate of drug-likeness (QED) is 0.855. The maximum atomic E-state index is 12.7. The van der Waals surface area contributed by atoms with E-state index >= 15 is 0 Å². The molecule has 2 N–H and O–H groups in total. The zero-order valence-electron chi connectivity index (χ0n) is 14.2. The molecule has 0 unspecified atom stereocenters. The fourth-order valence-corrected chi connectivity index (χ4v) is 3.36. The molecule has 1 saturated carbocycles. The van der Waals surface area contributed by atoms with Crippen LogP contribution in [0, 0.1) is 5.92 Å². The van der Waals surface area contributed by atoms with Gasteiger partial charge < -0.3 is 15.3 Å². The number of nitrogens with one attached hydrogen (secondary N) is 1. The highest BCUT2D eigenvalue weighted by molar-refractivity contribution is 5.85. The van der Waals surface area contributed by atoms with Gasteiger partial charge in [0.05, 0.1) is 17.6 Å². The van der Waals surface area contributed by atoms with Crippen molar-refractivity contribution in [1.29, 1.82) is 0 Å². The van der Waals surface area contributed by atoms with Gasteiger partial charge in [-0.2, -0.15) is 0 Å². The number of hydrogen-bond donors (Lipinski definition) is 2. The van der Waals surface area contributed by atoms with E-state index in [-0.39, 0.29) is 36.4 Å². The zero-order chi connectivity index (χ0) is 17.3. The number of piperidine rings is 1. The minimum absolute atomic E-state index is 0.0999. The van der Waals surface area contributed by atoms with Crippen LogP contribution in [0.2, 0.25) is 0 Å². The summed E-state index contributed by atoms with van der Waals surface area (Å²) in [5.41, 5.74) is -0.00368. The summed E-state index contributed by atoms with van der Waals surface area (Å²) in [6.45, 7) is 3.52. The van der Waals surface area contributed by atoms with Crippen LogP contribution in [-0.2, 0) is 9.59 Å². The van der Waals surface area contributed by atoms with Gasteiger partial charge in [0.25, 0.3) is 0 Å². The Morgan fingerprint density at radius 1 is 1.33 bits per heavy atom. The van der Waals surface area contributed by atoms with Gasteiger partial charge in [0.2, 0.25) is 11.8 Å². The summed E-state index contributed by atoms with van der Waals surface area (Å²) in [5.74, 6) is -0.268. The molecule has 1 saturated heterocycles. The molecule has 2 amide bonds. The van der Waals surface area contributed by atoms with Gasteiger partial charge in [-0.25, -0.2) is 0 Å². The molecule has 24 heavy (non-hydrogen) atoms. The lowest BCUT2D eigenvalue weighted by molar-refractivity contribution is -0.144. The third kappa shape index (κ3) is 3.75. The second-order valence-corrected chi connectivity index (χ2v) is 7.43. The highest BCUT2D eigenvalue weighted by Gasteiger charge is 2.46. The van der Waals surface area contributed by atoms with Crippen LogP contribution in [-0.4, -0.2) is 45.0 Å². The van der Waals surface area contributed by atoms with E-state index in [2.05, 4.69) is 10.3 Å². The molecule has 130 valence electrons. The average Bonchev–Trinajstić information content (AvgIpc) is 3.37. The number of rotatable bonds is 5. The fourth-order valence-electron chi connectivity index (χ4n) is 3.36. The van der Waals surface area contributed by atoms with Gasteiger partial charge >= 0.3 is 0 Å². The first-order chi connectivity index (χ1) is 11.4. The summed E-state index contributed by atoms with van der Waals surface area (Å²) >= 11 is 0. The van der Waals surface area contributed by atoms with Gasteiger partial charge in [0.1, 0.15) is 0 Å². The number of carbonyl (C=O) groups excluding carboxylic acids is 2. The van der Waals surface area contributed by atoms with Crippen LogP contribution in [0.4, 0.5) is 0 Å². The molecule has 0 radical (unpaired) electrons. The third-order valence-electron chi connectivity index (χ3n) is 4.66. The summed E-state index contributed by atoms with van der Waals surface area (Å²) in [6.07, 6.45) is 6.35. The molecular weight excluding hydrogens is 306 g/mol. The molecule has 2 fully saturated rings. The van der Waals surface area contributed by atoms with Crippen LogP contribution in [0.25, 0.3) is 0 Å². The maximum Gasteiger partial charge on any atom is 0.225 e. The van der Waals surface area contributed by atoms with E-state index in [9.17, 15) is 14.7 Å². The molecule has 0 aromatic carbocycles. The van der Waals surface area contributed by atoms with Crippen molar-refractivity contribution in [1.82, 2.24) is 15.2 Å². The molecular formula is C18H25N3O3. The van der Waals surface area contributed by atoms with Gasteiger partial charge in [-0.3, -0.25) is 14.6 Å². The van der Waals surface area contributed by atoms with E-state index in [1.54, 1.807) is 26.2 Å². The molecule has 6 heteroatoms. The number of amides is 2. The monoisotopic (exact) mass is 331 g/mol. The average molecular weight is 331 g/mol. The minimum Gasteiger partial charge on any atom is -0.389 e. The Kier molecular flexibility index (Phi) is 4.58. The molecule has 1 aliphatic heterocycles.